The average molecular weight is 292 g/mol. The fourth-order valence-electron chi connectivity index (χ4n) is 2.07. The van der Waals surface area contributed by atoms with E-state index in [1.54, 1.807) is 25.1 Å². The summed E-state index contributed by atoms with van der Waals surface area (Å²) in [6.07, 6.45) is 0. The number of Topliss-reactive ketones (excluding diaryl/α,β-unsaturated/α-hetero) is 1. The number of ether oxygens (including phenoxy) is 2. The molecule has 0 saturated heterocycles. The largest absolute Gasteiger partial charge is 0.486 e. The Morgan fingerprint density at radius 3 is 2.62 bits per heavy atom. The highest BCUT2D eigenvalue weighted by atomic mass is 16.6. The lowest BCUT2D eigenvalue weighted by atomic mass is 10.0. The third kappa shape index (κ3) is 4.19. The van der Waals surface area contributed by atoms with Crippen LogP contribution in [0.25, 0.3) is 0 Å². The fraction of sp³-hybridized carbons (Fsp3) is 0.467. The number of hydrogen-bond donors (Lipinski definition) is 2. The lowest BCUT2D eigenvalue weighted by molar-refractivity contribution is -0.118. The Balaban J connectivity index is 1.91. The van der Waals surface area contributed by atoms with Gasteiger partial charge in [-0.3, -0.25) is 9.59 Å². The number of carbonyl (C=O) groups excluding carboxylic acids is 2. The molecule has 1 aliphatic heterocycles. The Morgan fingerprint density at radius 1 is 1.19 bits per heavy atom. The van der Waals surface area contributed by atoms with Crippen molar-refractivity contribution in [2.75, 3.05) is 26.3 Å². The molecule has 21 heavy (non-hydrogen) atoms. The molecule has 1 aromatic carbocycles. The van der Waals surface area contributed by atoms with Crippen molar-refractivity contribution in [3.63, 3.8) is 0 Å². The monoisotopic (exact) mass is 292 g/mol. The van der Waals surface area contributed by atoms with Crippen molar-refractivity contribution in [3.05, 3.63) is 23.8 Å². The number of carbonyl (C=O) groups is 2. The molecule has 0 aliphatic carbocycles. The van der Waals surface area contributed by atoms with Crippen molar-refractivity contribution >= 4 is 11.7 Å². The summed E-state index contributed by atoms with van der Waals surface area (Å²) in [6, 6.07) is 4.87. The first-order chi connectivity index (χ1) is 10.1. The van der Waals surface area contributed by atoms with Gasteiger partial charge in [-0.05, 0) is 25.1 Å². The van der Waals surface area contributed by atoms with E-state index >= 15 is 0 Å². The van der Waals surface area contributed by atoms with Gasteiger partial charge in [0.05, 0.1) is 6.04 Å². The summed E-state index contributed by atoms with van der Waals surface area (Å²) in [6.45, 7) is 5.32. The number of benzene rings is 1. The zero-order chi connectivity index (χ0) is 15.2. The quantitative estimate of drug-likeness (QED) is 0.598. The van der Waals surface area contributed by atoms with Gasteiger partial charge in [-0.25, -0.2) is 0 Å². The second-order valence-corrected chi connectivity index (χ2v) is 4.88. The molecule has 1 aliphatic rings. The molecule has 0 bridgehead atoms. The third-order valence-corrected chi connectivity index (χ3v) is 3.17. The standard InChI is InChI=1S/C15H20N2O4/c1-10(16-5-6-17-11(2)18)15(19)12-3-4-13-14(9-12)21-8-7-20-13/h3-4,9-10,16H,5-8H2,1-2H3,(H,17,18). The lowest BCUT2D eigenvalue weighted by Crippen LogP contribution is -2.39. The van der Waals surface area contributed by atoms with Crippen LogP contribution in [0.15, 0.2) is 18.2 Å². The minimum absolute atomic E-state index is 0.0187. The number of hydrogen-bond acceptors (Lipinski definition) is 5. The van der Waals surface area contributed by atoms with Gasteiger partial charge >= 0.3 is 0 Å². The zero-order valence-electron chi connectivity index (χ0n) is 12.3. The van der Waals surface area contributed by atoms with Crippen LogP contribution in [0.2, 0.25) is 0 Å². The maximum absolute atomic E-state index is 12.3. The number of ketones is 1. The Morgan fingerprint density at radius 2 is 1.90 bits per heavy atom. The Labute approximate surface area is 123 Å². The molecule has 0 saturated carbocycles. The van der Waals surface area contributed by atoms with Crippen LogP contribution in [0.5, 0.6) is 11.5 Å². The van der Waals surface area contributed by atoms with E-state index < -0.39 is 0 Å². The first-order valence-corrected chi connectivity index (χ1v) is 6.99. The molecule has 1 unspecified atom stereocenters. The summed E-state index contributed by atoms with van der Waals surface area (Å²) in [5.41, 5.74) is 0.582. The van der Waals surface area contributed by atoms with Gasteiger partial charge < -0.3 is 20.1 Å². The van der Waals surface area contributed by atoms with Crippen molar-refractivity contribution in [2.45, 2.75) is 19.9 Å². The van der Waals surface area contributed by atoms with Gasteiger partial charge in [0.2, 0.25) is 5.91 Å². The molecule has 1 atom stereocenters. The van der Waals surface area contributed by atoms with Crippen LogP contribution in [0.4, 0.5) is 0 Å². The minimum atomic E-state index is -0.332. The minimum Gasteiger partial charge on any atom is -0.486 e. The number of nitrogens with one attached hydrogen (secondary N) is 2. The SMILES string of the molecule is CC(=O)NCCNC(C)C(=O)c1ccc2c(c1)OCCO2. The molecular formula is C15H20N2O4. The Kier molecular flexibility index (Phi) is 5.16. The highest BCUT2D eigenvalue weighted by Gasteiger charge is 2.18. The molecule has 1 amide bonds. The lowest BCUT2D eigenvalue weighted by Gasteiger charge is -2.19. The van der Waals surface area contributed by atoms with E-state index in [1.807, 2.05) is 0 Å². The van der Waals surface area contributed by atoms with E-state index in [1.165, 1.54) is 6.92 Å². The van der Waals surface area contributed by atoms with Gasteiger partial charge in [0, 0.05) is 25.6 Å². The van der Waals surface area contributed by atoms with Crippen molar-refractivity contribution < 1.29 is 19.1 Å². The van der Waals surface area contributed by atoms with Crippen LogP contribution in [0.1, 0.15) is 24.2 Å². The summed E-state index contributed by atoms with van der Waals surface area (Å²) in [7, 11) is 0. The number of amides is 1. The van der Waals surface area contributed by atoms with Crippen LogP contribution in [0.3, 0.4) is 0 Å². The summed E-state index contributed by atoms with van der Waals surface area (Å²) in [4.78, 5) is 23.1. The van der Waals surface area contributed by atoms with Gasteiger partial charge in [0.1, 0.15) is 13.2 Å². The summed E-state index contributed by atoms with van der Waals surface area (Å²) < 4.78 is 10.9. The van der Waals surface area contributed by atoms with E-state index in [4.69, 9.17) is 9.47 Å². The van der Waals surface area contributed by atoms with Crippen molar-refractivity contribution in [1.82, 2.24) is 10.6 Å². The van der Waals surface area contributed by atoms with Crippen LogP contribution in [-0.4, -0.2) is 44.0 Å². The van der Waals surface area contributed by atoms with Gasteiger partial charge in [-0.15, -0.1) is 0 Å². The molecule has 2 N–H and O–H groups in total. The van der Waals surface area contributed by atoms with Gasteiger partial charge in [0.25, 0.3) is 0 Å². The molecule has 1 heterocycles. The molecule has 0 spiro atoms. The molecule has 114 valence electrons. The van der Waals surface area contributed by atoms with E-state index in [0.29, 0.717) is 43.4 Å². The predicted molar refractivity (Wildman–Crippen MR) is 77.9 cm³/mol. The van der Waals surface area contributed by atoms with Gasteiger partial charge in [-0.1, -0.05) is 0 Å². The smallest absolute Gasteiger partial charge is 0.216 e. The van der Waals surface area contributed by atoms with E-state index in [0.717, 1.165) is 0 Å². The Bertz CT molecular complexity index is 530. The molecule has 6 nitrogen and oxygen atoms in total. The maximum Gasteiger partial charge on any atom is 0.216 e. The number of fused-ring (bicyclic) bond motifs is 1. The molecule has 0 fully saturated rings. The average Bonchev–Trinajstić information content (AvgIpc) is 2.50. The summed E-state index contributed by atoms with van der Waals surface area (Å²) in [5, 5.41) is 5.75. The van der Waals surface area contributed by atoms with Crippen LogP contribution >= 0.6 is 0 Å². The summed E-state index contributed by atoms with van der Waals surface area (Å²) in [5.74, 6) is 1.18. The van der Waals surface area contributed by atoms with Crippen molar-refractivity contribution in [2.24, 2.45) is 0 Å². The highest BCUT2D eigenvalue weighted by molar-refractivity contribution is 6.00. The van der Waals surface area contributed by atoms with E-state index in [2.05, 4.69) is 10.6 Å². The van der Waals surface area contributed by atoms with Crippen LogP contribution < -0.4 is 20.1 Å². The van der Waals surface area contributed by atoms with E-state index in [9.17, 15) is 9.59 Å². The normalized spacial score (nSPS) is 14.4. The van der Waals surface area contributed by atoms with Crippen LogP contribution in [-0.2, 0) is 4.79 Å². The fourth-order valence-corrected chi connectivity index (χ4v) is 2.07. The van der Waals surface area contributed by atoms with Crippen molar-refractivity contribution in [3.8, 4) is 11.5 Å². The molecule has 2 rings (SSSR count). The van der Waals surface area contributed by atoms with Gasteiger partial charge in [-0.2, -0.15) is 0 Å². The molecule has 0 aromatic heterocycles. The second-order valence-electron chi connectivity index (χ2n) is 4.88. The van der Waals surface area contributed by atoms with Crippen molar-refractivity contribution in [1.29, 1.82) is 0 Å². The van der Waals surface area contributed by atoms with Crippen LogP contribution in [0, 0.1) is 0 Å². The molecular weight excluding hydrogens is 272 g/mol. The summed E-state index contributed by atoms with van der Waals surface area (Å²) >= 11 is 0. The number of rotatable bonds is 6. The highest BCUT2D eigenvalue weighted by Crippen LogP contribution is 2.31. The Hall–Kier alpha value is -2.08. The third-order valence-electron chi connectivity index (χ3n) is 3.17. The zero-order valence-corrected chi connectivity index (χ0v) is 12.3. The van der Waals surface area contributed by atoms with E-state index in [-0.39, 0.29) is 17.7 Å². The predicted octanol–water partition coefficient (Wildman–Crippen LogP) is 0.755. The first-order valence-electron chi connectivity index (χ1n) is 6.99. The molecule has 1 aromatic rings. The van der Waals surface area contributed by atoms with Gasteiger partial charge in [0.15, 0.2) is 17.3 Å². The first kappa shape index (κ1) is 15.3. The molecule has 6 heteroatoms. The molecule has 0 radical (unpaired) electrons. The topological polar surface area (TPSA) is 76.7 Å². The maximum atomic E-state index is 12.3. The second kappa shape index (κ2) is 7.08.